The Morgan fingerprint density at radius 2 is 1.26 bits per heavy atom. The predicted molar refractivity (Wildman–Crippen MR) is 179 cm³/mol. The standard InChI is InChI=1S/C34H33N3O7S2/c1-23-8-14-28(15-9-23)45(40,41)36-31-18-12-26(20-30(31)34(38)39)44-27-13-19-32(33(21-27)35-22-25-6-4-3-5-7-25)37-46(42,43)29-16-10-24(2)11-17-29/h4,6-21,35-37H,3,5,22H2,1-2H3,(H,38,39). The fraction of sp³-hybridized carbons (Fsp3) is 0.147. The van der Waals surface area contributed by atoms with E-state index in [2.05, 4.69) is 26.9 Å². The molecular weight excluding hydrogens is 627 g/mol. The first kappa shape index (κ1) is 32.3. The van der Waals surface area contributed by atoms with Crippen molar-refractivity contribution in [2.24, 2.45) is 0 Å². The fourth-order valence-electron chi connectivity index (χ4n) is 4.65. The summed E-state index contributed by atoms with van der Waals surface area (Å²) in [6.07, 6.45) is 8.05. The quantitative estimate of drug-likeness (QED) is 0.126. The summed E-state index contributed by atoms with van der Waals surface area (Å²) >= 11 is 0. The van der Waals surface area contributed by atoms with Crippen molar-refractivity contribution in [3.05, 3.63) is 125 Å². The number of carbonyl (C=O) groups is 1. The molecule has 0 fully saturated rings. The average Bonchev–Trinajstić information content (AvgIpc) is 3.02. The Labute approximate surface area is 268 Å². The number of ether oxygens (including phenoxy) is 1. The van der Waals surface area contributed by atoms with Gasteiger partial charge in [0.25, 0.3) is 20.0 Å². The van der Waals surface area contributed by atoms with Gasteiger partial charge in [-0.05, 0) is 86.9 Å². The number of aryl methyl sites for hydroxylation is 2. The number of hydrogen-bond donors (Lipinski definition) is 4. The van der Waals surface area contributed by atoms with Gasteiger partial charge in [0.05, 0.1) is 32.4 Å². The molecule has 4 N–H and O–H groups in total. The summed E-state index contributed by atoms with van der Waals surface area (Å²) in [5.41, 5.74) is 3.14. The molecule has 4 aromatic rings. The molecule has 0 radical (unpaired) electrons. The minimum atomic E-state index is -4.05. The Bertz CT molecular complexity index is 2040. The van der Waals surface area contributed by atoms with E-state index in [1.807, 2.05) is 19.9 Å². The Kier molecular flexibility index (Phi) is 9.49. The minimum absolute atomic E-state index is 0.00707. The van der Waals surface area contributed by atoms with Crippen LogP contribution in [0.5, 0.6) is 11.5 Å². The molecule has 5 rings (SSSR count). The Morgan fingerprint density at radius 1 is 0.717 bits per heavy atom. The van der Waals surface area contributed by atoms with E-state index in [1.165, 1.54) is 42.5 Å². The lowest BCUT2D eigenvalue weighted by molar-refractivity contribution is 0.0697. The second-order valence-electron chi connectivity index (χ2n) is 10.8. The highest BCUT2D eigenvalue weighted by molar-refractivity contribution is 7.93. The van der Waals surface area contributed by atoms with Crippen LogP contribution in [-0.4, -0.2) is 34.5 Å². The third kappa shape index (κ3) is 7.95. The topological polar surface area (TPSA) is 151 Å². The van der Waals surface area contributed by atoms with E-state index in [9.17, 15) is 26.7 Å². The molecule has 4 aromatic carbocycles. The predicted octanol–water partition coefficient (Wildman–Crippen LogP) is 7.08. The van der Waals surface area contributed by atoms with Gasteiger partial charge in [-0.3, -0.25) is 9.44 Å². The molecule has 0 spiro atoms. The molecule has 0 saturated heterocycles. The van der Waals surface area contributed by atoms with Gasteiger partial charge < -0.3 is 15.2 Å². The van der Waals surface area contributed by atoms with Gasteiger partial charge in [0.15, 0.2) is 0 Å². The molecule has 0 amide bonds. The highest BCUT2D eigenvalue weighted by Crippen LogP contribution is 2.34. The third-order valence-electron chi connectivity index (χ3n) is 7.15. The van der Waals surface area contributed by atoms with Crippen LogP contribution < -0.4 is 19.5 Å². The zero-order valence-electron chi connectivity index (χ0n) is 25.1. The van der Waals surface area contributed by atoms with Crippen LogP contribution in [0.25, 0.3) is 0 Å². The van der Waals surface area contributed by atoms with Crippen molar-refractivity contribution in [1.82, 2.24) is 0 Å². The van der Waals surface area contributed by atoms with E-state index in [4.69, 9.17) is 4.74 Å². The molecule has 46 heavy (non-hydrogen) atoms. The molecule has 0 saturated carbocycles. The van der Waals surface area contributed by atoms with Crippen LogP contribution >= 0.6 is 0 Å². The van der Waals surface area contributed by atoms with Gasteiger partial charge in [0, 0.05) is 12.6 Å². The number of carboxylic acid groups (broad SMARTS) is 1. The van der Waals surface area contributed by atoms with Crippen molar-refractivity contribution >= 4 is 43.1 Å². The Morgan fingerprint density at radius 3 is 1.80 bits per heavy atom. The van der Waals surface area contributed by atoms with Crippen LogP contribution in [0.4, 0.5) is 17.1 Å². The van der Waals surface area contributed by atoms with Crippen LogP contribution in [0, 0.1) is 13.8 Å². The molecule has 238 valence electrons. The van der Waals surface area contributed by atoms with Crippen LogP contribution in [0.1, 0.15) is 34.3 Å². The average molecular weight is 660 g/mol. The smallest absolute Gasteiger partial charge is 0.337 e. The summed E-state index contributed by atoms with van der Waals surface area (Å²) < 4.78 is 63.2. The molecule has 10 nitrogen and oxygen atoms in total. The zero-order valence-corrected chi connectivity index (χ0v) is 26.8. The summed E-state index contributed by atoms with van der Waals surface area (Å²) in [4.78, 5) is 12.2. The first-order valence-corrected chi connectivity index (χ1v) is 17.3. The lowest BCUT2D eigenvalue weighted by atomic mass is 10.1. The lowest BCUT2D eigenvalue weighted by Crippen LogP contribution is -2.15. The molecule has 0 aromatic heterocycles. The number of hydrogen-bond acceptors (Lipinski definition) is 7. The van der Waals surface area contributed by atoms with Gasteiger partial charge in [-0.1, -0.05) is 53.6 Å². The first-order chi connectivity index (χ1) is 21.9. The maximum atomic E-state index is 13.2. The van der Waals surface area contributed by atoms with Crippen LogP contribution in [0.3, 0.4) is 0 Å². The van der Waals surface area contributed by atoms with Gasteiger partial charge >= 0.3 is 5.97 Å². The van der Waals surface area contributed by atoms with Crippen molar-refractivity contribution in [2.45, 2.75) is 36.5 Å². The van der Waals surface area contributed by atoms with Crippen LogP contribution in [0.2, 0.25) is 0 Å². The van der Waals surface area contributed by atoms with Gasteiger partial charge in [0.2, 0.25) is 0 Å². The molecule has 1 aliphatic rings. The maximum absolute atomic E-state index is 13.2. The van der Waals surface area contributed by atoms with E-state index in [-0.39, 0.29) is 26.8 Å². The number of carboxylic acids is 1. The van der Waals surface area contributed by atoms with Crippen molar-refractivity contribution in [2.75, 3.05) is 21.3 Å². The molecule has 0 heterocycles. The van der Waals surface area contributed by atoms with Crippen molar-refractivity contribution in [3.8, 4) is 11.5 Å². The number of rotatable bonds is 12. The zero-order chi connectivity index (χ0) is 32.9. The molecule has 0 aliphatic heterocycles. The van der Waals surface area contributed by atoms with Crippen molar-refractivity contribution in [1.29, 1.82) is 0 Å². The molecule has 0 atom stereocenters. The normalized spacial score (nSPS) is 13.0. The minimum Gasteiger partial charge on any atom is -0.478 e. The number of benzene rings is 4. The number of anilines is 3. The second-order valence-corrected chi connectivity index (χ2v) is 14.1. The van der Waals surface area contributed by atoms with E-state index in [0.717, 1.165) is 29.5 Å². The molecule has 1 aliphatic carbocycles. The largest absolute Gasteiger partial charge is 0.478 e. The summed E-state index contributed by atoms with van der Waals surface area (Å²) in [6.45, 7) is 4.13. The molecule has 12 heteroatoms. The Hall–Kier alpha value is -5.07. The van der Waals surface area contributed by atoms with E-state index in [0.29, 0.717) is 23.7 Å². The van der Waals surface area contributed by atoms with Crippen LogP contribution in [0.15, 0.2) is 119 Å². The molecule has 0 unspecified atom stereocenters. The highest BCUT2D eigenvalue weighted by atomic mass is 32.2. The number of nitrogens with one attached hydrogen (secondary N) is 3. The number of sulfonamides is 2. The van der Waals surface area contributed by atoms with E-state index >= 15 is 0 Å². The Balaban J connectivity index is 1.42. The van der Waals surface area contributed by atoms with Gasteiger partial charge in [-0.25, -0.2) is 21.6 Å². The van der Waals surface area contributed by atoms with Gasteiger partial charge in [0.1, 0.15) is 11.5 Å². The second kappa shape index (κ2) is 13.5. The lowest BCUT2D eigenvalue weighted by Gasteiger charge is -2.17. The third-order valence-corrected chi connectivity index (χ3v) is 9.92. The monoisotopic (exact) mass is 659 g/mol. The van der Waals surface area contributed by atoms with E-state index < -0.39 is 26.0 Å². The summed E-state index contributed by atoms with van der Waals surface area (Å²) in [5, 5.41) is 13.2. The van der Waals surface area contributed by atoms with Gasteiger partial charge in [-0.15, -0.1) is 0 Å². The van der Waals surface area contributed by atoms with E-state index in [1.54, 1.807) is 42.5 Å². The summed E-state index contributed by atoms with van der Waals surface area (Å²) in [5.74, 6) is -0.935. The van der Waals surface area contributed by atoms with Crippen molar-refractivity contribution in [3.63, 3.8) is 0 Å². The summed E-state index contributed by atoms with van der Waals surface area (Å²) in [7, 11) is -7.95. The fourth-order valence-corrected chi connectivity index (χ4v) is 6.81. The SMILES string of the molecule is Cc1ccc(S(=O)(=O)Nc2ccc(Oc3ccc(NS(=O)(=O)c4ccc(C)cc4)c(C(=O)O)c3)cc2NCC2=CCCC=C2)cc1. The van der Waals surface area contributed by atoms with Crippen LogP contribution in [-0.2, 0) is 20.0 Å². The van der Waals surface area contributed by atoms with Crippen molar-refractivity contribution < 1.29 is 31.5 Å². The molecular formula is C34H33N3O7S2. The highest BCUT2D eigenvalue weighted by Gasteiger charge is 2.21. The number of aromatic carboxylic acids is 1. The number of allylic oxidation sites excluding steroid dienone is 2. The molecule has 0 bridgehead atoms. The van der Waals surface area contributed by atoms with Gasteiger partial charge in [-0.2, -0.15) is 0 Å². The summed E-state index contributed by atoms with van der Waals surface area (Å²) in [6, 6.07) is 21.4. The first-order valence-electron chi connectivity index (χ1n) is 14.4. The maximum Gasteiger partial charge on any atom is 0.337 e.